The number of carbonyl (C=O) groups is 1. The molecule has 1 aliphatic heterocycles. The third kappa shape index (κ3) is 4.04. The Morgan fingerprint density at radius 1 is 1.37 bits per heavy atom. The Hall–Kier alpha value is -0.880. The second kappa shape index (κ2) is 7.05. The monoisotopic (exact) mass is 346 g/mol. The van der Waals surface area contributed by atoms with Gasteiger partial charge in [-0.3, -0.25) is 4.79 Å². The van der Waals surface area contributed by atoms with Crippen LogP contribution in [0.3, 0.4) is 0 Å². The molecule has 0 aliphatic carbocycles. The Labute approximate surface area is 125 Å². The van der Waals surface area contributed by atoms with E-state index >= 15 is 0 Å². The van der Waals surface area contributed by atoms with Crippen molar-refractivity contribution in [3.8, 4) is 0 Å². The number of carbonyl (C=O) groups excluding carboxylic acids is 1. The maximum Gasteiger partial charge on any atom is 0.224 e. The van der Waals surface area contributed by atoms with E-state index in [4.69, 9.17) is 11.6 Å². The molecule has 0 bridgehead atoms. The summed E-state index contributed by atoms with van der Waals surface area (Å²) in [7, 11) is 0. The van der Waals surface area contributed by atoms with E-state index in [1.54, 1.807) is 0 Å². The summed E-state index contributed by atoms with van der Waals surface area (Å²) in [6.45, 7) is 2.32. The van der Waals surface area contributed by atoms with E-state index in [1.807, 2.05) is 4.90 Å². The van der Waals surface area contributed by atoms with E-state index in [9.17, 15) is 4.79 Å². The summed E-state index contributed by atoms with van der Waals surface area (Å²) in [5, 5.41) is 3.45. The number of hydrogen-bond acceptors (Lipinski definition) is 4. The number of nitrogens with zero attached hydrogens (tertiary/aromatic N) is 3. The molecule has 0 saturated carbocycles. The fourth-order valence-corrected chi connectivity index (χ4v) is 2.54. The zero-order chi connectivity index (χ0) is 13.7. The highest BCUT2D eigenvalue weighted by Crippen LogP contribution is 2.25. The van der Waals surface area contributed by atoms with Gasteiger partial charge in [0.25, 0.3) is 0 Å². The van der Waals surface area contributed by atoms with E-state index in [0.29, 0.717) is 28.4 Å². The molecular formula is C12H16BrClN4O. The lowest BCUT2D eigenvalue weighted by atomic mass is 10.1. The number of hydrogen-bond donors (Lipinski definition) is 1. The van der Waals surface area contributed by atoms with Crippen molar-refractivity contribution in [1.29, 1.82) is 0 Å². The summed E-state index contributed by atoms with van der Waals surface area (Å²) in [6, 6.07) is 0. The minimum Gasteiger partial charge on any atom is -0.368 e. The lowest BCUT2D eigenvalue weighted by molar-refractivity contribution is -0.131. The van der Waals surface area contributed by atoms with Crippen molar-refractivity contribution in [3.05, 3.63) is 16.0 Å². The molecular weight excluding hydrogens is 332 g/mol. The van der Waals surface area contributed by atoms with Gasteiger partial charge in [0.1, 0.15) is 17.3 Å². The van der Waals surface area contributed by atoms with E-state index in [-0.39, 0.29) is 5.91 Å². The van der Waals surface area contributed by atoms with Crippen LogP contribution < -0.4 is 5.32 Å². The molecule has 2 rings (SSSR count). The summed E-state index contributed by atoms with van der Waals surface area (Å²) in [5.74, 6) is 0.815. The quantitative estimate of drug-likeness (QED) is 0.851. The van der Waals surface area contributed by atoms with Crippen LogP contribution in [0.15, 0.2) is 10.8 Å². The molecule has 0 unspecified atom stereocenters. The maximum atomic E-state index is 12.0. The number of nitrogens with one attached hydrogen (secondary N) is 1. The fraction of sp³-hybridized carbons (Fsp3) is 0.583. The maximum absolute atomic E-state index is 12.0. The zero-order valence-corrected chi connectivity index (χ0v) is 12.9. The molecule has 104 valence electrons. The summed E-state index contributed by atoms with van der Waals surface area (Å²) >= 11 is 9.17. The first-order chi connectivity index (χ1) is 9.18. The lowest BCUT2D eigenvalue weighted by Gasteiger charge is -2.26. The second-order valence-electron chi connectivity index (χ2n) is 4.45. The van der Waals surface area contributed by atoms with Crippen molar-refractivity contribution in [1.82, 2.24) is 14.9 Å². The minimum absolute atomic E-state index is 0.198. The van der Waals surface area contributed by atoms with Crippen molar-refractivity contribution in [3.63, 3.8) is 0 Å². The Morgan fingerprint density at radius 3 is 2.84 bits per heavy atom. The van der Waals surface area contributed by atoms with Crippen LogP contribution in [0.4, 0.5) is 5.82 Å². The predicted molar refractivity (Wildman–Crippen MR) is 78.3 cm³/mol. The highest BCUT2D eigenvalue weighted by Gasteiger charge is 2.16. The average molecular weight is 348 g/mol. The molecule has 0 atom stereocenters. The molecule has 0 spiro atoms. The molecule has 1 saturated heterocycles. The Morgan fingerprint density at radius 2 is 2.11 bits per heavy atom. The van der Waals surface area contributed by atoms with Crippen LogP contribution >= 0.6 is 27.5 Å². The van der Waals surface area contributed by atoms with Crippen LogP contribution in [0, 0.1) is 0 Å². The van der Waals surface area contributed by atoms with Crippen LogP contribution in [-0.2, 0) is 4.79 Å². The number of aromatic nitrogens is 2. The molecule has 1 fully saturated rings. The number of anilines is 1. The Bertz CT molecular complexity index is 451. The predicted octanol–water partition coefficient (Wildman–Crippen LogP) is 2.71. The minimum atomic E-state index is 0.198. The number of halogens is 2. The summed E-state index contributed by atoms with van der Waals surface area (Å²) < 4.78 is 0.627. The van der Waals surface area contributed by atoms with Gasteiger partial charge in [0.15, 0.2) is 0 Å². The van der Waals surface area contributed by atoms with Crippen molar-refractivity contribution >= 4 is 39.3 Å². The average Bonchev–Trinajstić information content (AvgIpc) is 2.44. The van der Waals surface area contributed by atoms with Crippen molar-refractivity contribution in [2.45, 2.75) is 25.7 Å². The normalized spacial score (nSPS) is 15.4. The van der Waals surface area contributed by atoms with E-state index < -0.39 is 0 Å². The van der Waals surface area contributed by atoms with Crippen molar-refractivity contribution in [2.24, 2.45) is 0 Å². The smallest absolute Gasteiger partial charge is 0.224 e. The molecule has 2 heterocycles. The molecule has 1 aromatic rings. The summed E-state index contributed by atoms with van der Waals surface area (Å²) in [5.41, 5.74) is 0. The second-order valence-corrected chi connectivity index (χ2v) is 5.60. The van der Waals surface area contributed by atoms with E-state index in [1.165, 1.54) is 12.7 Å². The number of rotatable bonds is 4. The molecule has 1 N–H and O–H groups in total. The van der Waals surface area contributed by atoms with Gasteiger partial charge in [0, 0.05) is 26.1 Å². The fourth-order valence-electron chi connectivity index (χ4n) is 2.06. The number of piperidine rings is 1. The van der Waals surface area contributed by atoms with Crippen molar-refractivity contribution < 1.29 is 4.79 Å². The van der Waals surface area contributed by atoms with Gasteiger partial charge in [-0.1, -0.05) is 11.6 Å². The first kappa shape index (κ1) is 14.5. The van der Waals surface area contributed by atoms with Gasteiger partial charge in [-0.05, 0) is 35.2 Å². The highest BCUT2D eigenvalue weighted by atomic mass is 79.9. The van der Waals surface area contributed by atoms with Crippen LogP contribution in [0.1, 0.15) is 25.7 Å². The standard InChI is InChI=1S/C12H16BrClN4O/c13-10-11(14)16-8-17-12(10)15-5-4-9(19)18-6-2-1-3-7-18/h8H,1-7H2,(H,15,16,17). The van der Waals surface area contributed by atoms with Crippen LogP contribution in [0.5, 0.6) is 0 Å². The SMILES string of the molecule is O=C(CCNc1ncnc(Cl)c1Br)N1CCCCC1. The van der Waals surface area contributed by atoms with Gasteiger partial charge in [-0.15, -0.1) is 0 Å². The van der Waals surface area contributed by atoms with Gasteiger partial charge in [-0.25, -0.2) is 9.97 Å². The van der Waals surface area contributed by atoms with Gasteiger partial charge >= 0.3 is 0 Å². The molecule has 1 aromatic heterocycles. The largest absolute Gasteiger partial charge is 0.368 e. The Kier molecular flexibility index (Phi) is 5.39. The highest BCUT2D eigenvalue weighted by molar-refractivity contribution is 9.10. The molecule has 0 aromatic carbocycles. The third-order valence-corrected chi connectivity index (χ3v) is 4.35. The topological polar surface area (TPSA) is 58.1 Å². The van der Waals surface area contributed by atoms with Gasteiger partial charge < -0.3 is 10.2 Å². The van der Waals surface area contributed by atoms with E-state index in [0.717, 1.165) is 25.9 Å². The third-order valence-electron chi connectivity index (χ3n) is 3.09. The first-order valence-electron chi connectivity index (χ1n) is 6.36. The van der Waals surface area contributed by atoms with Gasteiger partial charge in [0.05, 0.1) is 4.47 Å². The van der Waals surface area contributed by atoms with E-state index in [2.05, 4.69) is 31.2 Å². The molecule has 0 radical (unpaired) electrons. The summed E-state index contributed by atoms with van der Waals surface area (Å²) in [6.07, 6.45) is 5.32. The number of likely N-dealkylation sites (tertiary alicyclic amines) is 1. The van der Waals surface area contributed by atoms with Gasteiger partial charge in [0.2, 0.25) is 5.91 Å². The summed E-state index contributed by atoms with van der Waals surface area (Å²) in [4.78, 5) is 21.8. The van der Waals surface area contributed by atoms with Gasteiger partial charge in [-0.2, -0.15) is 0 Å². The molecule has 19 heavy (non-hydrogen) atoms. The molecule has 1 amide bonds. The Balaban J connectivity index is 1.79. The number of amides is 1. The molecule has 5 nitrogen and oxygen atoms in total. The van der Waals surface area contributed by atoms with Crippen LogP contribution in [0.25, 0.3) is 0 Å². The lowest BCUT2D eigenvalue weighted by Crippen LogP contribution is -2.36. The molecule has 7 heteroatoms. The molecule has 1 aliphatic rings. The first-order valence-corrected chi connectivity index (χ1v) is 7.53. The van der Waals surface area contributed by atoms with Crippen LogP contribution in [0.2, 0.25) is 5.15 Å². The van der Waals surface area contributed by atoms with Crippen molar-refractivity contribution in [2.75, 3.05) is 25.0 Å². The van der Waals surface area contributed by atoms with Crippen LogP contribution in [-0.4, -0.2) is 40.4 Å². The zero-order valence-electron chi connectivity index (χ0n) is 10.5.